The summed E-state index contributed by atoms with van der Waals surface area (Å²) in [7, 11) is 0. The average molecular weight is 273 g/mol. The molecule has 1 heterocycles. The number of hydrogen-bond donors (Lipinski definition) is 1. The summed E-state index contributed by atoms with van der Waals surface area (Å²) in [5, 5.41) is 0. The molecule has 2 aromatic rings. The number of nitrogens with two attached hydrogens (primary N) is 1. The first-order chi connectivity index (χ1) is 9.74. The average Bonchev–Trinajstić information content (AvgIpc) is 2.96. The number of aryl methyl sites for hydroxylation is 1. The zero-order valence-electron chi connectivity index (χ0n) is 12.3. The summed E-state index contributed by atoms with van der Waals surface area (Å²) in [6.45, 7) is 5.55. The van der Waals surface area contributed by atoms with E-state index in [1.165, 1.54) is 5.56 Å². The van der Waals surface area contributed by atoms with Crippen LogP contribution in [0, 0.1) is 6.92 Å². The van der Waals surface area contributed by atoms with Gasteiger partial charge in [-0.15, -0.1) is 0 Å². The summed E-state index contributed by atoms with van der Waals surface area (Å²) in [5.41, 5.74) is 8.32. The van der Waals surface area contributed by atoms with Crippen molar-refractivity contribution in [2.75, 3.05) is 13.2 Å². The van der Waals surface area contributed by atoms with Gasteiger partial charge in [0.05, 0.1) is 12.9 Å². The lowest BCUT2D eigenvalue weighted by molar-refractivity contribution is 0.315. The fourth-order valence-electron chi connectivity index (χ4n) is 2.31. The highest BCUT2D eigenvalue weighted by Gasteiger charge is 2.13. The lowest BCUT2D eigenvalue weighted by atomic mass is 9.93. The van der Waals surface area contributed by atoms with Crippen molar-refractivity contribution < 1.29 is 9.15 Å². The third-order valence-electron chi connectivity index (χ3n) is 3.44. The molecule has 3 nitrogen and oxygen atoms in total. The molecule has 0 aliphatic heterocycles. The van der Waals surface area contributed by atoms with Crippen molar-refractivity contribution in [2.45, 2.75) is 32.6 Å². The minimum Gasteiger partial charge on any atom is -0.493 e. The Morgan fingerprint density at radius 1 is 1.30 bits per heavy atom. The Balaban J connectivity index is 2.11. The van der Waals surface area contributed by atoms with Gasteiger partial charge in [0.2, 0.25) is 0 Å². The van der Waals surface area contributed by atoms with Gasteiger partial charge in [-0.25, -0.2) is 0 Å². The van der Waals surface area contributed by atoms with Crippen LogP contribution in [0.15, 0.2) is 41.0 Å². The van der Waals surface area contributed by atoms with Crippen LogP contribution in [0.2, 0.25) is 0 Å². The molecule has 0 aliphatic carbocycles. The second-order valence-electron chi connectivity index (χ2n) is 5.09. The van der Waals surface area contributed by atoms with E-state index >= 15 is 0 Å². The standard InChI is InChI=1S/C17H23NO2/c1-3-8-20-17-7-6-14(10-13(17)2)15(12-18)11-16-5-4-9-19-16/h4-7,9-10,15H,3,8,11-12,18H2,1-2H3. The van der Waals surface area contributed by atoms with Crippen molar-refractivity contribution in [3.63, 3.8) is 0 Å². The minimum absolute atomic E-state index is 0.278. The lowest BCUT2D eigenvalue weighted by Crippen LogP contribution is -2.15. The number of benzene rings is 1. The molecular weight excluding hydrogens is 250 g/mol. The minimum atomic E-state index is 0.278. The number of ether oxygens (including phenoxy) is 1. The zero-order chi connectivity index (χ0) is 14.4. The van der Waals surface area contributed by atoms with Crippen molar-refractivity contribution >= 4 is 0 Å². The van der Waals surface area contributed by atoms with Crippen molar-refractivity contribution in [3.8, 4) is 5.75 Å². The van der Waals surface area contributed by atoms with Crippen LogP contribution in [-0.2, 0) is 6.42 Å². The molecule has 0 fully saturated rings. The van der Waals surface area contributed by atoms with Gasteiger partial charge in [0, 0.05) is 12.3 Å². The van der Waals surface area contributed by atoms with E-state index in [1.54, 1.807) is 6.26 Å². The molecule has 2 N–H and O–H groups in total. The second kappa shape index (κ2) is 7.15. The molecule has 2 rings (SSSR count). The molecule has 0 radical (unpaired) electrons. The van der Waals surface area contributed by atoms with Gasteiger partial charge in [-0.05, 0) is 49.2 Å². The summed E-state index contributed by atoms with van der Waals surface area (Å²) < 4.78 is 11.1. The predicted octanol–water partition coefficient (Wildman–Crippen LogP) is 3.66. The maximum absolute atomic E-state index is 5.92. The van der Waals surface area contributed by atoms with Crippen LogP contribution in [0.4, 0.5) is 0 Å². The van der Waals surface area contributed by atoms with Crippen molar-refractivity contribution in [1.82, 2.24) is 0 Å². The van der Waals surface area contributed by atoms with Crippen LogP contribution >= 0.6 is 0 Å². The van der Waals surface area contributed by atoms with E-state index in [0.29, 0.717) is 6.54 Å². The van der Waals surface area contributed by atoms with Crippen molar-refractivity contribution in [2.24, 2.45) is 5.73 Å². The highest BCUT2D eigenvalue weighted by Crippen LogP contribution is 2.26. The first-order valence-corrected chi connectivity index (χ1v) is 7.20. The van der Waals surface area contributed by atoms with Gasteiger partial charge in [0.25, 0.3) is 0 Å². The Labute approximate surface area is 120 Å². The predicted molar refractivity (Wildman–Crippen MR) is 81.2 cm³/mol. The summed E-state index contributed by atoms with van der Waals surface area (Å²) in [5.74, 6) is 2.22. The first kappa shape index (κ1) is 14.7. The summed E-state index contributed by atoms with van der Waals surface area (Å²) in [4.78, 5) is 0. The normalized spacial score (nSPS) is 12.3. The second-order valence-corrected chi connectivity index (χ2v) is 5.09. The van der Waals surface area contributed by atoms with E-state index in [0.717, 1.165) is 36.5 Å². The Kier molecular flexibility index (Phi) is 5.24. The highest BCUT2D eigenvalue weighted by molar-refractivity contribution is 5.38. The summed E-state index contributed by atoms with van der Waals surface area (Å²) in [6.07, 6.45) is 3.55. The highest BCUT2D eigenvalue weighted by atomic mass is 16.5. The molecule has 3 heteroatoms. The van der Waals surface area contributed by atoms with Crippen LogP contribution < -0.4 is 10.5 Å². The zero-order valence-corrected chi connectivity index (χ0v) is 12.3. The smallest absolute Gasteiger partial charge is 0.122 e. The van der Waals surface area contributed by atoms with E-state index in [4.69, 9.17) is 14.9 Å². The molecule has 1 aromatic carbocycles. The van der Waals surface area contributed by atoms with Gasteiger partial charge in [0.1, 0.15) is 11.5 Å². The Morgan fingerprint density at radius 3 is 2.75 bits per heavy atom. The van der Waals surface area contributed by atoms with Crippen LogP contribution in [0.5, 0.6) is 5.75 Å². The fourth-order valence-corrected chi connectivity index (χ4v) is 2.31. The third-order valence-corrected chi connectivity index (χ3v) is 3.44. The maximum Gasteiger partial charge on any atom is 0.122 e. The van der Waals surface area contributed by atoms with Crippen molar-refractivity contribution in [3.05, 3.63) is 53.5 Å². The van der Waals surface area contributed by atoms with E-state index in [1.807, 2.05) is 18.2 Å². The van der Waals surface area contributed by atoms with E-state index < -0.39 is 0 Å². The number of furan rings is 1. The molecule has 1 atom stereocenters. The van der Waals surface area contributed by atoms with Crippen molar-refractivity contribution in [1.29, 1.82) is 0 Å². The first-order valence-electron chi connectivity index (χ1n) is 7.20. The molecule has 108 valence electrons. The molecule has 1 unspecified atom stereocenters. The largest absolute Gasteiger partial charge is 0.493 e. The van der Waals surface area contributed by atoms with E-state index in [-0.39, 0.29) is 5.92 Å². The molecule has 0 saturated carbocycles. The quantitative estimate of drug-likeness (QED) is 0.837. The van der Waals surface area contributed by atoms with Gasteiger partial charge in [0.15, 0.2) is 0 Å². The van der Waals surface area contributed by atoms with Crippen LogP contribution in [0.1, 0.15) is 36.1 Å². The van der Waals surface area contributed by atoms with Gasteiger partial charge >= 0.3 is 0 Å². The molecule has 0 spiro atoms. The molecule has 0 bridgehead atoms. The third kappa shape index (κ3) is 3.64. The number of hydrogen-bond acceptors (Lipinski definition) is 3. The maximum atomic E-state index is 5.92. The van der Waals surface area contributed by atoms with Gasteiger partial charge < -0.3 is 14.9 Å². The number of rotatable bonds is 7. The van der Waals surface area contributed by atoms with Gasteiger partial charge in [-0.3, -0.25) is 0 Å². The Bertz CT molecular complexity index is 520. The monoisotopic (exact) mass is 273 g/mol. The fraction of sp³-hybridized carbons (Fsp3) is 0.412. The topological polar surface area (TPSA) is 48.4 Å². The summed E-state index contributed by atoms with van der Waals surface area (Å²) in [6, 6.07) is 10.2. The molecule has 20 heavy (non-hydrogen) atoms. The van der Waals surface area contributed by atoms with Crippen LogP contribution in [0.3, 0.4) is 0 Å². The SMILES string of the molecule is CCCOc1ccc(C(CN)Cc2ccco2)cc1C. The van der Waals surface area contributed by atoms with Crippen LogP contribution in [0.25, 0.3) is 0 Å². The van der Waals surface area contributed by atoms with Gasteiger partial charge in [-0.2, -0.15) is 0 Å². The molecule has 1 aromatic heterocycles. The van der Waals surface area contributed by atoms with E-state index in [9.17, 15) is 0 Å². The summed E-state index contributed by atoms with van der Waals surface area (Å²) >= 11 is 0. The molecule has 0 amide bonds. The van der Waals surface area contributed by atoms with Crippen LogP contribution in [-0.4, -0.2) is 13.2 Å². The van der Waals surface area contributed by atoms with Gasteiger partial charge in [-0.1, -0.05) is 19.1 Å². The molecule has 0 saturated heterocycles. The molecular formula is C17H23NO2. The lowest BCUT2D eigenvalue weighted by Gasteiger charge is -2.16. The Hall–Kier alpha value is -1.74. The Morgan fingerprint density at radius 2 is 2.15 bits per heavy atom. The molecule has 0 aliphatic rings. The van der Waals surface area contributed by atoms with E-state index in [2.05, 4.69) is 26.0 Å².